The Bertz CT molecular complexity index is 375. The van der Waals surface area contributed by atoms with Crippen LogP contribution >= 0.6 is 0 Å². The normalized spacial score (nSPS) is 10.2. The number of esters is 1. The lowest BCUT2D eigenvalue weighted by Gasteiger charge is -2.09. The summed E-state index contributed by atoms with van der Waals surface area (Å²) in [7, 11) is 1.53. The molecule has 2 N–H and O–H groups in total. The van der Waals surface area contributed by atoms with Crippen molar-refractivity contribution in [1.82, 2.24) is 0 Å². The second-order valence-electron chi connectivity index (χ2n) is 3.99. The number of anilines is 1. The topological polar surface area (TPSA) is 61.5 Å². The first-order valence-electron chi connectivity index (χ1n) is 5.14. The van der Waals surface area contributed by atoms with Gasteiger partial charge < -0.3 is 15.2 Å². The van der Waals surface area contributed by atoms with Crippen LogP contribution in [-0.2, 0) is 4.74 Å². The van der Waals surface area contributed by atoms with E-state index < -0.39 is 0 Å². The first kappa shape index (κ1) is 12.4. The van der Waals surface area contributed by atoms with Crippen molar-refractivity contribution in [3.8, 4) is 5.75 Å². The average molecular weight is 223 g/mol. The summed E-state index contributed by atoms with van der Waals surface area (Å²) in [4.78, 5) is 11.6. The molecule has 0 unspecified atom stereocenters. The number of hydrogen-bond donors (Lipinski definition) is 1. The van der Waals surface area contributed by atoms with Crippen molar-refractivity contribution in [3.63, 3.8) is 0 Å². The van der Waals surface area contributed by atoms with Gasteiger partial charge in [-0.2, -0.15) is 0 Å². The summed E-state index contributed by atoms with van der Waals surface area (Å²) in [6, 6.07) is 4.84. The highest BCUT2D eigenvalue weighted by Crippen LogP contribution is 2.19. The number of hydrogen-bond acceptors (Lipinski definition) is 4. The van der Waals surface area contributed by atoms with Gasteiger partial charge in [-0.25, -0.2) is 4.79 Å². The molecule has 0 amide bonds. The van der Waals surface area contributed by atoms with E-state index in [2.05, 4.69) is 0 Å². The fourth-order valence-corrected chi connectivity index (χ4v) is 1.18. The molecule has 0 fully saturated rings. The average Bonchev–Trinajstić information content (AvgIpc) is 2.24. The largest absolute Gasteiger partial charge is 0.497 e. The van der Waals surface area contributed by atoms with E-state index in [1.807, 2.05) is 13.8 Å². The Morgan fingerprint density at radius 2 is 2.06 bits per heavy atom. The second kappa shape index (κ2) is 5.39. The molecular formula is C12H17NO3. The first-order chi connectivity index (χ1) is 7.52. The zero-order valence-electron chi connectivity index (χ0n) is 9.82. The molecule has 0 bridgehead atoms. The molecule has 0 aliphatic carbocycles. The minimum absolute atomic E-state index is 0.312. The number of benzene rings is 1. The van der Waals surface area contributed by atoms with E-state index >= 15 is 0 Å². The minimum Gasteiger partial charge on any atom is -0.497 e. The van der Waals surface area contributed by atoms with Crippen LogP contribution in [0.15, 0.2) is 18.2 Å². The Balaban J connectivity index is 2.78. The van der Waals surface area contributed by atoms with Gasteiger partial charge in [0.1, 0.15) is 5.75 Å². The molecule has 0 heterocycles. The van der Waals surface area contributed by atoms with E-state index in [0.29, 0.717) is 29.5 Å². The molecule has 4 heteroatoms. The predicted molar refractivity (Wildman–Crippen MR) is 62.5 cm³/mol. The van der Waals surface area contributed by atoms with E-state index in [4.69, 9.17) is 15.2 Å². The zero-order chi connectivity index (χ0) is 12.1. The highest BCUT2D eigenvalue weighted by molar-refractivity contribution is 5.91. The minimum atomic E-state index is -0.376. The molecule has 0 aliphatic rings. The summed E-state index contributed by atoms with van der Waals surface area (Å²) >= 11 is 0. The van der Waals surface area contributed by atoms with Crippen molar-refractivity contribution in [2.24, 2.45) is 5.92 Å². The monoisotopic (exact) mass is 223 g/mol. The number of rotatable bonds is 4. The van der Waals surface area contributed by atoms with Crippen molar-refractivity contribution in [2.45, 2.75) is 13.8 Å². The van der Waals surface area contributed by atoms with Gasteiger partial charge in [-0.15, -0.1) is 0 Å². The molecule has 0 atom stereocenters. The molecule has 0 saturated carbocycles. The third-order valence-electron chi connectivity index (χ3n) is 1.95. The van der Waals surface area contributed by atoms with E-state index in [1.165, 1.54) is 7.11 Å². The van der Waals surface area contributed by atoms with Crippen molar-refractivity contribution < 1.29 is 14.3 Å². The number of nitrogen functional groups attached to an aromatic ring is 1. The quantitative estimate of drug-likeness (QED) is 0.627. The van der Waals surface area contributed by atoms with Crippen LogP contribution in [0.3, 0.4) is 0 Å². The highest BCUT2D eigenvalue weighted by atomic mass is 16.5. The molecule has 0 saturated heterocycles. The third kappa shape index (κ3) is 3.46. The zero-order valence-corrected chi connectivity index (χ0v) is 9.82. The van der Waals surface area contributed by atoms with Crippen LogP contribution in [0, 0.1) is 5.92 Å². The molecule has 16 heavy (non-hydrogen) atoms. The van der Waals surface area contributed by atoms with Gasteiger partial charge in [-0.3, -0.25) is 0 Å². The Hall–Kier alpha value is -1.71. The molecule has 1 rings (SSSR count). The molecular weight excluding hydrogens is 206 g/mol. The van der Waals surface area contributed by atoms with Crippen LogP contribution in [0.25, 0.3) is 0 Å². The van der Waals surface area contributed by atoms with Crippen LogP contribution in [-0.4, -0.2) is 19.7 Å². The maximum Gasteiger partial charge on any atom is 0.338 e. The van der Waals surface area contributed by atoms with Crippen molar-refractivity contribution >= 4 is 11.7 Å². The number of ether oxygens (including phenoxy) is 2. The second-order valence-corrected chi connectivity index (χ2v) is 3.99. The highest BCUT2D eigenvalue weighted by Gasteiger charge is 2.10. The molecule has 4 nitrogen and oxygen atoms in total. The molecule has 0 radical (unpaired) electrons. The van der Waals surface area contributed by atoms with Crippen LogP contribution in [0.1, 0.15) is 24.2 Å². The van der Waals surface area contributed by atoms with Gasteiger partial charge in [-0.1, -0.05) is 13.8 Å². The summed E-state index contributed by atoms with van der Waals surface area (Å²) in [5.41, 5.74) is 6.54. The molecule has 1 aromatic rings. The Morgan fingerprint density at radius 3 is 2.62 bits per heavy atom. The first-order valence-corrected chi connectivity index (χ1v) is 5.14. The van der Waals surface area contributed by atoms with Crippen molar-refractivity contribution in [1.29, 1.82) is 0 Å². The smallest absolute Gasteiger partial charge is 0.338 e. The summed E-state index contributed by atoms with van der Waals surface area (Å²) in [5, 5.41) is 0. The summed E-state index contributed by atoms with van der Waals surface area (Å²) in [5.74, 6) is 0.489. The fraction of sp³-hybridized carbons (Fsp3) is 0.417. The Morgan fingerprint density at radius 1 is 1.38 bits per heavy atom. The maximum absolute atomic E-state index is 11.6. The van der Waals surface area contributed by atoms with Crippen LogP contribution < -0.4 is 10.5 Å². The van der Waals surface area contributed by atoms with E-state index in [0.717, 1.165) is 0 Å². The van der Waals surface area contributed by atoms with E-state index in [1.54, 1.807) is 18.2 Å². The van der Waals surface area contributed by atoms with Gasteiger partial charge in [0.05, 0.1) is 19.3 Å². The van der Waals surface area contributed by atoms with Crippen LogP contribution in [0.2, 0.25) is 0 Å². The van der Waals surface area contributed by atoms with Gasteiger partial charge in [0.15, 0.2) is 0 Å². The van der Waals surface area contributed by atoms with Gasteiger partial charge in [0.25, 0.3) is 0 Å². The SMILES string of the molecule is COc1cc(N)cc(C(=O)OCC(C)C)c1. The van der Waals surface area contributed by atoms with Crippen molar-refractivity contribution in [2.75, 3.05) is 19.5 Å². The predicted octanol–water partition coefficient (Wildman–Crippen LogP) is 2.09. The summed E-state index contributed by atoms with van der Waals surface area (Å²) in [6.07, 6.45) is 0. The Kier molecular flexibility index (Phi) is 4.17. The van der Waals surface area contributed by atoms with Gasteiger partial charge in [0, 0.05) is 11.8 Å². The van der Waals surface area contributed by atoms with Gasteiger partial charge in [0.2, 0.25) is 0 Å². The van der Waals surface area contributed by atoms with Crippen LogP contribution in [0.4, 0.5) is 5.69 Å². The van der Waals surface area contributed by atoms with E-state index in [-0.39, 0.29) is 5.97 Å². The number of methoxy groups -OCH3 is 1. The van der Waals surface area contributed by atoms with Gasteiger partial charge >= 0.3 is 5.97 Å². The summed E-state index contributed by atoms with van der Waals surface area (Å²) < 4.78 is 10.1. The lowest BCUT2D eigenvalue weighted by molar-refractivity contribution is 0.0458. The number of nitrogens with two attached hydrogens (primary N) is 1. The molecule has 0 aliphatic heterocycles. The number of carbonyl (C=O) groups excluding carboxylic acids is 1. The molecule has 1 aromatic carbocycles. The molecule has 0 spiro atoms. The standard InChI is InChI=1S/C12H17NO3/c1-8(2)7-16-12(14)9-4-10(13)6-11(5-9)15-3/h4-6,8H,7,13H2,1-3H3. The van der Waals surface area contributed by atoms with E-state index in [9.17, 15) is 4.79 Å². The summed E-state index contributed by atoms with van der Waals surface area (Å²) in [6.45, 7) is 4.36. The fourth-order valence-electron chi connectivity index (χ4n) is 1.18. The third-order valence-corrected chi connectivity index (χ3v) is 1.95. The molecule has 0 aromatic heterocycles. The maximum atomic E-state index is 11.6. The Labute approximate surface area is 95.3 Å². The number of carbonyl (C=O) groups is 1. The lowest BCUT2D eigenvalue weighted by Crippen LogP contribution is -2.10. The lowest BCUT2D eigenvalue weighted by atomic mass is 10.2. The van der Waals surface area contributed by atoms with Gasteiger partial charge in [-0.05, 0) is 18.1 Å². The van der Waals surface area contributed by atoms with Crippen LogP contribution in [0.5, 0.6) is 5.75 Å². The van der Waals surface area contributed by atoms with Crippen molar-refractivity contribution in [3.05, 3.63) is 23.8 Å². The molecule has 88 valence electrons.